The molecule has 0 fully saturated rings. The summed E-state index contributed by atoms with van der Waals surface area (Å²) >= 11 is 2.03. The van der Waals surface area contributed by atoms with Gasteiger partial charge < -0.3 is 5.32 Å². The highest BCUT2D eigenvalue weighted by Gasteiger charge is 1.98. The average Bonchev–Trinajstić information content (AvgIpc) is 2.01. The number of hydrogen-bond acceptors (Lipinski definition) is 2. The van der Waals surface area contributed by atoms with E-state index in [-0.39, 0.29) is 0 Å². The number of thioether (sulfide) groups is 1. The van der Waals surface area contributed by atoms with Gasteiger partial charge in [0.25, 0.3) is 0 Å². The quantitative estimate of drug-likeness (QED) is 0.468. The van der Waals surface area contributed by atoms with Crippen LogP contribution in [0.5, 0.6) is 0 Å². The van der Waals surface area contributed by atoms with Crippen molar-refractivity contribution in [1.29, 1.82) is 0 Å². The first-order chi connectivity index (χ1) is 5.31. The lowest BCUT2D eigenvalue weighted by atomic mass is 10.4. The van der Waals surface area contributed by atoms with Crippen LogP contribution in [0.1, 0.15) is 20.3 Å². The monoisotopic (exact) mass is 173 g/mol. The summed E-state index contributed by atoms with van der Waals surface area (Å²) in [6.07, 6.45) is 3.17. The van der Waals surface area contributed by atoms with E-state index in [1.807, 2.05) is 17.8 Å². The lowest BCUT2D eigenvalue weighted by molar-refractivity contribution is 0.740. The van der Waals surface area contributed by atoms with Gasteiger partial charge in [-0.25, -0.2) is 0 Å². The Labute approximate surface area is 74.6 Å². The normalized spacial score (nSPS) is 12.9. The highest BCUT2D eigenvalue weighted by Crippen LogP contribution is 2.09. The van der Waals surface area contributed by atoms with E-state index in [1.165, 1.54) is 12.2 Å². The molecule has 0 bridgehead atoms. The fourth-order valence-electron chi connectivity index (χ4n) is 0.767. The van der Waals surface area contributed by atoms with Crippen molar-refractivity contribution in [3.63, 3.8) is 0 Å². The first kappa shape index (κ1) is 11.1. The van der Waals surface area contributed by atoms with Gasteiger partial charge in [0.15, 0.2) is 0 Å². The molecule has 1 nitrogen and oxygen atoms in total. The van der Waals surface area contributed by atoms with Crippen molar-refractivity contribution in [1.82, 2.24) is 5.32 Å². The van der Waals surface area contributed by atoms with Gasteiger partial charge in [0.05, 0.1) is 0 Å². The zero-order valence-electron chi connectivity index (χ0n) is 7.60. The van der Waals surface area contributed by atoms with E-state index < -0.39 is 0 Å². The molecule has 0 aliphatic carbocycles. The smallest absolute Gasteiger partial charge is 0.0144 e. The largest absolute Gasteiger partial charge is 0.312 e. The Bertz CT molecular complexity index is 93.6. The van der Waals surface area contributed by atoms with Crippen molar-refractivity contribution in [3.8, 4) is 0 Å². The molecule has 66 valence electrons. The molecule has 1 N–H and O–H groups in total. The van der Waals surface area contributed by atoms with Gasteiger partial charge in [-0.2, -0.15) is 11.8 Å². The first-order valence-electron chi connectivity index (χ1n) is 4.24. The summed E-state index contributed by atoms with van der Waals surface area (Å²) in [6, 6.07) is 0. The van der Waals surface area contributed by atoms with Crippen LogP contribution in [-0.2, 0) is 0 Å². The zero-order chi connectivity index (χ0) is 8.53. The minimum atomic E-state index is 0.731. The van der Waals surface area contributed by atoms with Gasteiger partial charge in [-0.15, -0.1) is 6.58 Å². The molecule has 11 heavy (non-hydrogen) atoms. The van der Waals surface area contributed by atoms with Crippen molar-refractivity contribution in [2.45, 2.75) is 25.5 Å². The average molecular weight is 173 g/mol. The van der Waals surface area contributed by atoms with Crippen molar-refractivity contribution < 1.29 is 0 Å². The van der Waals surface area contributed by atoms with Gasteiger partial charge in [0, 0.05) is 18.3 Å². The van der Waals surface area contributed by atoms with Gasteiger partial charge in [0.2, 0.25) is 0 Å². The first-order valence-corrected chi connectivity index (χ1v) is 5.29. The predicted octanol–water partition coefficient (Wildman–Crippen LogP) is 2.29. The van der Waals surface area contributed by atoms with Crippen LogP contribution >= 0.6 is 11.8 Å². The third kappa shape index (κ3) is 7.95. The molecule has 0 aromatic rings. The molecule has 0 rings (SSSR count). The van der Waals surface area contributed by atoms with Crippen LogP contribution in [0.2, 0.25) is 0 Å². The molecule has 0 radical (unpaired) electrons. The second-order valence-corrected chi connectivity index (χ2v) is 4.17. The summed E-state index contributed by atoms with van der Waals surface area (Å²) in [5.41, 5.74) is 0. The summed E-state index contributed by atoms with van der Waals surface area (Å²) < 4.78 is 0. The highest BCUT2D eigenvalue weighted by atomic mass is 32.2. The molecule has 2 heteroatoms. The van der Waals surface area contributed by atoms with E-state index >= 15 is 0 Å². The summed E-state index contributed by atoms with van der Waals surface area (Å²) in [5, 5.41) is 4.04. The lowest BCUT2D eigenvalue weighted by Crippen LogP contribution is -2.22. The molecule has 0 heterocycles. The van der Waals surface area contributed by atoms with Gasteiger partial charge in [-0.1, -0.05) is 19.9 Å². The van der Waals surface area contributed by atoms with Crippen LogP contribution in [-0.4, -0.2) is 24.1 Å². The Morgan fingerprint density at radius 3 is 2.91 bits per heavy atom. The molecule has 0 saturated carbocycles. The lowest BCUT2D eigenvalue weighted by Gasteiger charge is -2.09. The van der Waals surface area contributed by atoms with E-state index in [0.717, 1.165) is 18.3 Å². The molecule has 0 aromatic carbocycles. The molecule has 0 aliphatic heterocycles. The molecular formula is C9H19NS. The van der Waals surface area contributed by atoms with Crippen LogP contribution in [0.25, 0.3) is 0 Å². The Kier molecular flexibility index (Phi) is 8.19. The maximum Gasteiger partial charge on any atom is 0.0144 e. The van der Waals surface area contributed by atoms with Crippen LogP contribution in [0, 0.1) is 0 Å². The SMILES string of the molecule is C=CCNCC(C)SCCC. The second kappa shape index (κ2) is 8.15. The van der Waals surface area contributed by atoms with Crippen LogP contribution in [0.3, 0.4) is 0 Å². The second-order valence-electron chi connectivity index (χ2n) is 2.63. The Morgan fingerprint density at radius 1 is 1.64 bits per heavy atom. The topological polar surface area (TPSA) is 12.0 Å². The van der Waals surface area contributed by atoms with Gasteiger partial charge >= 0.3 is 0 Å². The maximum absolute atomic E-state index is 3.65. The third-order valence-electron chi connectivity index (χ3n) is 1.33. The van der Waals surface area contributed by atoms with Gasteiger partial charge in [0.1, 0.15) is 0 Å². The van der Waals surface area contributed by atoms with E-state index in [1.54, 1.807) is 0 Å². The summed E-state index contributed by atoms with van der Waals surface area (Å²) in [6.45, 7) is 10.2. The van der Waals surface area contributed by atoms with Crippen molar-refractivity contribution >= 4 is 11.8 Å². The Balaban J connectivity index is 3.08. The Hall–Kier alpha value is 0.0500. The number of rotatable bonds is 7. The molecule has 0 aromatic heterocycles. The van der Waals surface area contributed by atoms with E-state index in [0.29, 0.717) is 0 Å². The molecule has 0 amide bonds. The maximum atomic E-state index is 3.65. The fourth-order valence-corrected chi connectivity index (χ4v) is 1.64. The van der Waals surface area contributed by atoms with Crippen molar-refractivity contribution in [3.05, 3.63) is 12.7 Å². The van der Waals surface area contributed by atoms with Crippen LogP contribution < -0.4 is 5.32 Å². The number of hydrogen-bond donors (Lipinski definition) is 1. The standard InChI is InChI=1S/C9H19NS/c1-4-6-10-8-9(3)11-7-5-2/h4,9-10H,1,5-8H2,2-3H3. The predicted molar refractivity (Wildman–Crippen MR) is 55.3 cm³/mol. The summed E-state index contributed by atoms with van der Waals surface area (Å²) in [5.74, 6) is 1.27. The van der Waals surface area contributed by atoms with Crippen molar-refractivity contribution in [2.75, 3.05) is 18.8 Å². The van der Waals surface area contributed by atoms with Crippen LogP contribution in [0.4, 0.5) is 0 Å². The number of nitrogens with one attached hydrogen (secondary N) is 1. The van der Waals surface area contributed by atoms with E-state index in [4.69, 9.17) is 0 Å². The summed E-state index contributed by atoms with van der Waals surface area (Å²) in [7, 11) is 0. The van der Waals surface area contributed by atoms with Crippen molar-refractivity contribution in [2.24, 2.45) is 0 Å². The van der Waals surface area contributed by atoms with E-state index in [9.17, 15) is 0 Å². The molecule has 0 saturated heterocycles. The molecule has 1 atom stereocenters. The zero-order valence-corrected chi connectivity index (χ0v) is 8.41. The van der Waals surface area contributed by atoms with Gasteiger partial charge in [-0.3, -0.25) is 0 Å². The fraction of sp³-hybridized carbons (Fsp3) is 0.778. The molecule has 1 unspecified atom stereocenters. The molecule has 0 aliphatic rings. The third-order valence-corrected chi connectivity index (χ3v) is 2.71. The minimum absolute atomic E-state index is 0.731. The molecule has 0 spiro atoms. The van der Waals surface area contributed by atoms with Gasteiger partial charge in [-0.05, 0) is 12.2 Å². The Morgan fingerprint density at radius 2 is 2.36 bits per heavy atom. The highest BCUT2D eigenvalue weighted by molar-refractivity contribution is 7.99. The van der Waals surface area contributed by atoms with Crippen LogP contribution in [0.15, 0.2) is 12.7 Å². The van der Waals surface area contributed by atoms with E-state index in [2.05, 4.69) is 25.7 Å². The minimum Gasteiger partial charge on any atom is -0.312 e. The summed E-state index contributed by atoms with van der Waals surface area (Å²) in [4.78, 5) is 0. The molecular weight excluding hydrogens is 154 g/mol.